The van der Waals surface area contributed by atoms with Gasteiger partial charge in [-0.1, -0.05) is 20.8 Å². The number of halogens is 2. The summed E-state index contributed by atoms with van der Waals surface area (Å²) >= 11 is 0. The van der Waals surface area contributed by atoms with Crippen LogP contribution in [0.4, 0.5) is 20.2 Å². The molecule has 11 nitrogen and oxygen atoms in total. The number of aromatic amines is 2. The van der Waals surface area contributed by atoms with Gasteiger partial charge in [-0.15, -0.1) is 0 Å². The smallest absolute Gasteiger partial charge is 0.224 e. The van der Waals surface area contributed by atoms with E-state index in [2.05, 4.69) is 45.8 Å². The molecule has 0 fully saturated rings. The number of amides is 1. The number of aromatic nitrogens is 7. The van der Waals surface area contributed by atoms with Gasteiger partial charge in [0.25, 0.3) is 0 Å². The van der Waals surface area contributed by atoms with Crippen LogP contribution in [0.3, 0.4) is 0 Å². The van der Waals surface area contributed by atoms with Crippen molar-refractivity contribution in [3.63, 3.8) is 0 Å². The van der Waals surface area contributed by atoms with E-state index in [1.165, 1.54) is 30.7 Å². The van der Waals surface area contributed by atoms with Crippen molar-refractivity contribution >= 4 is 39.5 Å². The number of hydrogen-bond donors (Lipinski definition) is 4. The Kier molecular flexibility index (Phi) is 8.17. The number of H-pyrrole nitrogens is 2. The summed E-state index contributed by atoms with van der Waals surface area (Å²) in [6.07, 6.45) is 6.31. The number of hydrogen-bond acceptors (Lipinski definition) is 8. The summed E-state index contributed by atoms with van der Waals surface area (Å²) in [6.45, 7) is 7.36. The molecule has 46 heavy (non-hydrogen) atoms. The summed E-state index contributed by atoms with van der Waals surface area (Å²) in [5, 5.41) is 13.3. The van der Waals surface area contributed by atoms with Gasteiger partial charge < -0.3 is 20.5 Å². The molecule has 4 N–H and O–H groups in total. The molecule has 0 unspecified atom stereocenters. The fourth-order valence-electron chi connectivity index (χ4n) is 5.21. The zero-order valence-corrected chi connectivity index (χ0v) is 26.2. The number of nitrogens with zero attached hydrogens (tertiary/aromatic N) is 6. The van der Waals surface area contributed by atoms with Crippen molar-refractivity contribution in [1.29, 1.82) is 0 Å². The van der Waals surface area contributed by atoms with Crippen LogP contribution in [0.15, 0.2) is 55.1 Å². The number of pyridine rings is 3. The number of rotatable bonds is 9. The molecule has 0 aliphatic rings. The van der Waals surface area contributed by atoms with E-state index in [4.69, 9.17) is 0 Å². The van der Waals surface area contributed by atoms with E-state index >= 15 is 4.39 Å². The third-order valence-electron chi connectivity index (χ3n) is 7.27. The second-order valence-corrected chi connectivity index (χ2v) is 12.6. The van der Waals surface area contributed by atoms with Crippen LogP contribution < -0.4 is 10.6 Å². The highest BCUT2D eigenvalue weighted by molar-refractivity contribution is 5.97. The van der Waals surface area contributed by atoms with Gasteiger partial charge in [0.2, 0.25) is 5.91 Å². The topological polar surface area (TPSA) is 140 Å². The molecule has 0 spiro atoms. The first-order valence-corrected chi connectivity index (χ1v) is 14.8. The summed E-state index contributed by atoms with van der Waals surface area (Å²) in [4.78, 5) is 35.4. The molecule has 0 atom stereocenters. The van der Waals surface area contributed by atoms with Crippen LogP contribution in [-0.4, -0.2) is 73.1 Å². The zero-order valence-electron chi connectivity index (χ0n) is 26.2. The van der Waals surface area contributed by atoms with Crippen LogP contribution in [0.25, 0.3) is 56.0 Å². The van der Waals surface area contributed by atoms with Gasteiger partial charge in [-0.2, -0.15) is 5.10 Å². The number of likely N-dealkylation sites (N-methyl/N-ethyl adjacent to an activating group) is 1. The van der Waals surface area contributed by atoms with Crippen LogP contribution in [0.5, 0.6) is 0 Å². The average Bonchev–Trinajstić information content (AvgIpc) is 3.61. The van der Waals surface area contributed by atoms with E-state index in [0.717, 1.165) is 6.54 Å². The molecule has 236 valence electrons. The Hall–Kier alpha value is -5.30. The Morgan fingerprint density at radius 2 is 1.76 bits per heavy atom. The van der Waals surface area contributed by atoms with Crippen molar-refractivity contribution in [3.8, 4) is 33.8 Å². The van der Waals surface area contributed by atoms with Gasteiger partial charge in [0.1, 0.15) is 17.3 Å². The molecule has 0 saturated heterocycles. The van der Waals surface area contributed by atoms with Crippen molar-refractivity contribution in [3.05, 3.63) is 66.8 Å². The van der Waals surface area contributed by atoms with E-state index in [1.807, 2.05) is 45.8 Å². The number of benzene rings is 1. The number of anilines is 2. The summed E-state index contributed by atoms with van der Waals surface area (Å²) < 4.78 is 31.0. The van der Waals surface area contributed by atoms with Crippen LogP contribution in [0.2, 0.25) is 0 Å². The Bertz CT molecular complexity index is 2060. The highest BCUT2D eigenvalue weighted by Crippen LogP contribution is 2.35. The summed E-state index contributed by atoms with van der Waals surface area (Å²) in [5.41, 5.74) is 4.18. The number of nitrogens with one attached hydrogen (secondary N) is 4. The van der Waals surface area contributed by atoms with Crippen molar-refractivity contribution < 1.29 is 13.6 Å². The monoisotopic (exact) mass is 624 g/mol. The summed E-state index contributed by atoms with van der Waals surface area (Å²) in [5.74, 6) is -0.842. The molecule has 5 aromatic heterocycles. The predicted molar refractivity (Wildman–Crippen MR) is 175 cm³/mol. The van der Waals surface area contributed by atoms with Gasteiger partial charge in [0.15, 0.2) is 17.1 Å². The number of carbonyl (C=O) groups excluding carboxylic acids is 1. The quantitative estimate of drug-likeness (QED) is 0.148. The minimum Gasteiger partial charge on any atom is -0.384 e. The van der Waals surface area contributed by atoms with Gasteiger partial charge in [-0.05, 0) is 55.4 Å². The van der Waals surface area contributed by atoms with Crippen LogP contribution in [0, 0.1) is 17.0 Å². The molecular formula is C33H34F2N10O. The van der Waals surface area contributed by atoms with Gasteiger partial charge in [0.05, 0.1) is 22.8 Å². The minimum absolute atomic E-state index is 0.124. The molecule has 0 bridgehead atoms. The zero-order chi connectivity index (χ0) is 32.6. The van der Waals surface area contributed by atoms with Crippen LogP contribution in [0.1, 0.15) is 27.2 Å². The van der Waals surface area contributed by atoms with Crippen molar-refractivity contribution in [2.24, 2.45) is 5.41 Å². The average molecular weight is 625 g/mol. The lowest BCUT2D eigenvalue weighted by atomic mass is 9.92. The normalized spacial score (nSPS) is 11.9. The maximum Gasteiger partial charge on any atom is 0.224 e. The van der Waals surface area contributed by atoms with E-state index in [1.54, 1.807) is 18.3 Å². The molecule has 0 saturated carbocycles. The van der Waals surface area contributed by atoms with Gasteiger partial charge in [-0.25, -0.2) is 23.7 Å². The lowest BCUT2D eigenvalue weighted by Gasteiger charge is -2.17. The largest absolute Gasteiger partial charge is 0.384 e. The highest BCUT2D eigenvalue weighted by Gasteiger charge is 2.22. The predicted octanol–water partition coefficient (Wildman–Crippen LogP) is 6.25. The molecule has 1 aromatic carbocycles. The van der Waals surface area contributed by atoms with Crippen molar-refractivity contribution in [1.82, 2.24) is 40.0 Å². The first-order valence-electron chi connectivity index (χ1n) is 14.8. The Balaban J connectivity index is 1.36. The third-order valence-corrected chi connectivity index (χ3v) is 7.27. The Morgan fingerprint density at radius 3 is 2.54 bits per heavy atom. The molecule has 6 rings (SSSR count). The standard InChI is InChI=1S/C33H34F2N10O/c1-33(2,3)14-25(46)40-22-12-19(15-36-16-22)24-17-39-30-26(27(24)35)29(43-44-30)32-41-28-23(6-7-38-31(28)42-32)18-10-20(34)13-21(11-18)37-8-9-45(4)5/h6-7,10-13,15-17,37H,8-9,14H2,1-5H3,(H,40,46)(H,38,41,42)(H,39,43,44). The first kappa shape index (κ1) is 30.7. The Morgan fingerprint density at radius 1 is 0.957 bits per heavy atom. The SMILES string of the molecule is CN(C)CCNc1cc(F)cc(-c2ccnc3nc(-c4[nH]nc5ncc(-c6cncc(NC(=O)CC(C)(C)C)c6)c(F)c45)[nH]c23)c1. The maximum atomic E-state index is 16.3. The number of imidazole rings is 1. The van der Waals surface area contributed by atoms with E-state index in [9.17, 15) is 9.18 Å². The molecular weight excluding hydrogens is 590 g/mol. The maximum absolute atomic E-state index is 16.3. The highest BCUT2D eigenvalue weighted by atomic mass is 19.1. The molecule has 1 amide bonds. The number of carbonyl (C=O) groups is 1. The van der Waals surface area contributed by atoms with Gasteiger partial charge >= 0.3 is 0 Å². The summed E-state index contributed by atoms with van der Waals surface area (Å²) in [7, 11) is 3.94. The minimum atomic E-state index is -0.582. The molecule has 13 heteroatoms. The molecule has 6 aromatic rings. The lowest BCUT2D eigenvalue weighted by molar-refractivity contribution is -0.117. The van der Waals surface area contributed by atoms with Crippen LogP contribution >= 0.6 is 0 Å². The first-order chi connectivity index (χ1) is 21.9. The number of fused-ring (bicyclic) bond motifs is 2. The lowest BCUT2D eigenvalue weighted by Crippen LogP contribution is -2.20. The van der Waals surface area contributed by atoms with E-state index in [-0.39, 0.29) is 45.3 Å². The fraction of sp³-hybridized carbons (Fsp3) is 0.273. The van der Waals surface area contributed by atoms with Crippen molar-refractivity contribution in [2.75, 3.05) is 37.8 Å². The molecule has 0 aliphatic heterocycles. The van der Waals surface area contributed by atoms with Crippen molar-refractivity contribution in [2.45, 2.75) is 27.2 Å². The van der Waals surface area contributed by atoms with Crippen LogP contribution in [-0.2, 0) is 4.79 Å². The molecule has 5 heterocycles. The third kappa shape index (κ3) is 6.54. The van der Waals surface area contributed by atoms with E-state index in [0.29, 0.717) is 52.2 Å². The summed E-state index contributed by atoms with van der Waals surface area (Å²) in [6, 6.07) is 8.18. The van der Waals surface area contributed by atoms with Gasteiger partial charge in [0, 0.05) is 60.5 Å². The second-order valence-electron chi connectivity index (χ2n) is 12.6. The van der Waals surface area contributed by atoms with Gasteiger partial charge in [-0.3, -0.25) is 14.9 Å². The molecule has 0 radical (unpaired) electrons. The Labute approximate surface area is 263 Å². The molecule has 0 aliphatic carbocycles. The second kappa shape index (κ2) is 12.2. The van der Waals surface area contributed by atoms with E-state index < -0.39 is 5.82 Å². The fourth-order valence-corrected chi connectivity index (χ4v) is 5.21.